The summed E-state index contributed by atoms with van der Waals surface area (Å²) in [4.78, 5) is 17.5. The molecule has 162 valence electrons. The van der Waals surface area contributed by atoms with Crippen LogP contribution in [0.15, 0.2) is 83.9 Å². The molecule has 1 saturated heterocycles. The molecule has 0 aliphatic carbocycles. The Hall–Kier alpha value is -3.47. The summed E-state index contributed by atoms with van der Waals surface area (Å²) in [6, 6.07) is 20.2. The highest BCUT2D eigenvalue weighted by molar-refractivity contribution is 7.89. The van der Waals surface area contributed by atoms with E-state index in [2.05, 4.69) is 22.1 Å². The molecule has 7 heteroatoms. The van der Waals surface area contributed by atoms with Crippen molar-refractivity contribution in [3.05, 3.63) is 90.3 Å². The van der Waals surface area contributed by atoms with Gasteiger partial charge < -0.3 is 5.32 Å². The Morgan fingerprint density at radius 2 is 1.78 bits per heavy atom. The Labute approximate surface area is 188 Å². The van der Waals surface area contributed by atoms with Crippen LogP contribution in [0, 0.1) is 11.8 Å². The van der Waals surface area contributed by atoms with Crippen molar-refractivity contribution in [3.8, 4) is 11.8 Å². The number of anilines is 1. The fourth-order valence-electron chi connectivity index (χ4n) is 3.66. The number of aromatic nitrogens is 1. The van der Waals surface area contributed by atoms with Gasteiger partial charge in [-0.1, -0.05) is 42.7 Å². The van der Waals surface area contributed by atoms with E-state index in [1.165, 1.54) is 4.31 Å². The first-order chi connectivity index (χ1) is 15.5. The summed E-state index contributed by atoms with van der Waals surface area (Å²) >= 11 is 0. The van der Waals surface area contributed by atoms with E-state index >= 15 is 0 Å². The van der Waals surface area contributed by atoms with Crippen LogP contribution >= 0.6 is 0 Å². The van der Waals surface area contributed by atoms with Crippen molar-refractivity contribution in [2.45, 2.75) is 30.2 Å². The Morgan fingerprint density at radius 3 is 2.56 bits per heavy atom. The summed E-state index contributed by atoms with van der Waals surface area (Å²) in [5.74, 6) is 5.69. The van der Waals surface area contributed by atoms with E-state index in [1.54, 1.807) is 54.7 Å². The maximum absolute atomic E-state index is 13.2. The van der Waals surface area contributed by atoms with Gasteiger partial charge in [0.15, 0.2) is 0 Å². The Balaban J connectivity index is 1.52. The zero-order valence-electron chi connectivity index (χ0n) is 17.4. The van der Waals surface area contributed by atoms with Crippen LogP contribution in [-0.4, -0.2) is 36.2 Å². The zero-order valence-corrected chi connectivity index (χ0v) is 18.3. The van der Waals surface area contributed by atoms with Gasteiger partial charge in [-0.15, -0.1) is 0 Å². The highest BCUT2D eigenvalue weighted by Crippen LogP contribution is 2.26. The Kier molecular flexibility index (Phi) is 6.64. The Bertz CT molecular complexity index is 1250. The normalized spacial score (nSPS) is 16.6. The zero-order chi connectivity index (χ0) is 22.4. The maximum atomic E-state index is 13.2. The number of carbonyl (C=O) groups excluding carboxylic acids is 1. The maximum Gasteiger partial charge on any atom is 0.243 e. The molecule has 1 aromatic heterocycles. The van der Waals surface area contributed by atoms with Gasteiger partial charge in [0.1, 0.15) is 11.7 Å². The third kappa shape index (κ3) is 5.05. The molecule has 1 aliphatic rings. The fourth-order valence-corrected chi connectivity index (χ4v) is 5.33. The number of rotatable bonds is 4. The predicted molar refractivity (Wildman–Crippen MR) is 123 cm³/mol. The second-order valence-corrected chi connectivity index (χ2v) is 9.37. The molecule has 1 fully saturated rings. The number of nitrogens with one attached hydrogen (secondary N) is 1. The topological polar surface area (TPSA) is 79.4 Å². The van der Waals surface area contributed by atoms with E-state index < -0.39 is 16.1 Å². The number of sulfonamides is 1. The quantitative estimate of drug-likeness (QED) is 0.622. The number of nitrogens with zero attached hydrogens (tertiary/aromatic N) is 2. The van der Waals surface area contributed by atoms with E-state index in [9.17, 15) is 13.2 Å². The molecule has 0 radical (unpaired) electrons. The van der Waals surface area contributed by atoms with Crippen LogP contribution < -0.4 is 5.32 Å². The van der Waals surface area contributed by atoms with Crippen molar-refractivity contribution in [2.75, 3.05) is 11.9 Å². The van der Waals surface area contributed by atoms with Crippen molar-refractivity contribution in [3.63, 3.8) is 0 Å². The molecule has 1 N–H and O–H groups in total. The van der Waals surface area contributed by atoms with Gasteiger partial charge in [0.05, 0.1) is 4.90 Å². The van der Waals surface area contributed by atoms with Crippen molar-refractivity contribution < 1.29 is 13.2 Å². The molecule has 6 nitrogen and oxygen atoms in total. The molecule has 1 atom stereocenters. The van der Waals surface area contributed by atoms with Crippen LogP contribution in [0.2, 0.25) is 0 Å². The predicted octanol–water partition coefficient (Wildman–Crippen LogP) is 3.66. The highest BCUT2D eigenvalue weighted by Gasteiger charge is 2.37. The number of carbonyl (C=O) groups is 1. The Morgan fingerprint density at radius 1 is 0.969 bits per heavy atom. The van der Waals surface area contributed by atoms with Crippen LogP contribution in [0.4, 0.5) is 5.69 Å². The number of amides is 1. The molecule has 32 heavy (non-hydrogen) atoms. The van der Waals surface area contributed by atoms with E-state index in [1.807, 2.05) is 24.3 Å². The summed E-state index contributed by atoms with van der Waals surface area (Å²) in [7, 11) is -3.75. The lowest BCUT2D eigenvalue weighted by molar-refractivity contribution is -0.120. The molecule has 0 spiro atoms. The monoisotopic (exact) mass is 445 g/mol. The molecular formula is C25H23N3O3S. The highest BCUT2D eigenvalue weighted by atomic mass is 32.2. The summed E-state index contributed by atoms with van der Waals surface area (Å²) < 4.78 is 27.6. The van der Waals surface area contributed by atoms with Gasteiger partial charge >= 0.3 is 0 Å². The van der Waals surface area contributed by atoms with E-state index in [4.69, 9.17) is 0 Å². The molecule has 1 unspecified atom stereocenters. The van der Waals surface area contributed by atoms with Crippen molar-refractivity contribution >= 4 is 21.6 Å². The van der Waals surface area contributed by atoms with E-state index in [-0.39, 0.29) is 10.8 Å². The molecule has 1 amide bonds. The van der Waals surface area contributed by atoms with Crippen LogP contribution in [0.1, 0.15) is 30.5 Å². The number of pyridine rings is 1. The van der Waals surface area contributed by atoms with Gasteiger partial charge in [0.2, 0.25) is 15.9 Å². The average molecular weight is 446 g/mol. The summed E-state index contributed by atoms with van der Waals surface area (Å²) in [5, 5.41) is 2.88. The first-order valence-corrected chi connectivity index (χ1v) is 11.9. The van der Waals surface area contributed by atoms with Crippen LogP contribution in [0.25, 0.3) is 0 Å². The average Bonchev–Trinajstić information content (AvgIpc) is 2.84. The standard InChI is InChI=1S/C25H23N3O3S/c29-25(24-14-5-7-18-28(24)32(30,31)23-12-2-1-3-13-23)27-22-11-8-9-20(19-22)15-16-21-10-4-6-17-26-21/h1-4,6,8-13,17,19,24H,5,7,14,18H2,(H,27,29). The second-order valence-electron chi connectivity index (χ2n) is 7.48. The first-order valence-electron chi connectivity index (χ1n) is 10.4. The lowest BCUT2D eigenvalue weighted by Gasteiger charge is -2.33. The minimum Gasteiger partial charge on any atom is -0.325 e. The summed E-state index contributed by atoms with van der Waals surface area (Å²) in [6.07, 6.45) is 3.69. The van der Waals surface area contributed by atoms with Gasteiger partial charge in [-0.3, -0.25) is 4.79 Å². The minimum absolute atomic E-state index is 0.200. The minimum atomic E-state index is -3.75. The number of hydrogen-bond acceptors (Lipinski definition) is 4. The number of piperidine rings is 1. The number of benzene rings is 2. The molecule has 3 aromatic rings. The largest absolute Gasteiger partial charge is 0.325 e. The molecular weight excluding hydrogens is 422 g/mol. The summed E-state index contributed by atoms with van der Waals surface area (Å²) in [5.41, 5.74) is 1.96. The lowest BCUT2D eigenvalue weighted by Crippen LogP contribution is -2.49. The molecule has 4 rings (SSSR count). The van der Waals surface area contributed by atoms with Crippen LogP contribution in [0.5, 0.6) is 0 Å². The molecule has 1 aliphatic heterocycles. The second kappa shape index (κ2) is 9.77. The SMILES string of the molecule is O=C(Nc1cccc(C#Cc2ccccn2)c1)C1CCCCN1S(=O)(=O)c1ccccc1. The molecule has 0 saturated carbocycles. The van der Waals surface area contributed by atoms with Crippen LogP contribution in [0.3, 0.4) is 0 Å². The number of hydrogen-bond donors (Lipinski definition) is 1. The van der Waals surface area contributed by atoms with E-state index in [0.717, 1.165) is 18.4 Å². The van der Waals surface area contributed by atoms with Gasteiger partial charge in [0.25, 0.3) is 0 Å². The van der Waals surface area contributed by atoms with Crippen molar-refractivity contribution in [2.24, 2.45) is 0 Å². The van der Waals surface area contributed by atoms with Gasteiger partial charge in [-0.2, -0.15) is 4.31 Å². The van der Waals surface area contributed by atoms with E-state index in [0.29, 0.717) is 24.3 Å². The molecule has 2 aromatic carbocycles. The fraction of sp³-hybridized carbons (Fsp3) is 0.200. The molecule has 0 bridgehead atoms. The van der Waals surface area contributed by atoms with Crippen LogP contribution in [-0.2, 0) is 14.8 Å². The third-order valence-corrected chi connectivity index (χ3v) is 7.16. The van der Waals surface area contributed by atoms with Gasteiger partial charge in [-0.25, -0.2) is 13.4 Å². The first kappa shape index (κ1) is 21.8. The smallest absolute Gasteiger partial charge is 0.243 e. The van der Waals surface area contributed by atoms with Gasteiger partial charge in [-0.05, 0) is 61.2 Å². The third-order valence-electron chi connectivity index (χ3n) is 5.24. The van der Waals surface area contributed by atoms with Crippen molar-refractivity contribution in [1.82, 2.24) is 9.29 Å². The summed E-state index contributed by atoms with van der Waals surface area (Å²) in [6.45, 7) is 0.324. The van der Waals surface area contributed by atoms with Gasteiger partial charge in [0, 0.05) is 24.0 Å². The van der Waals surface area contributed by atoms with Crippen molar-refractivity contribution in [1.29, 1.82) is 0 Å². The molecule has 2 heterocycles. The lowest BCUT2D eigenvalue weighted by atomic mass is 10.0.